The lowest BCUT2D eigenvalue weighted by molar-refractivity contribution is -0.269. The monoisotopic (exact) mass is 671 g/mol. The van der Waals surface area contributed by atoms with Crippen LogP contribution in [0.25, 0.3) is 0 Å². The summed E-state index contributed by atoms with van der Waals surface area (Å²) < 4.78 is 45.7. The number of anilines is 1. The molecule has 12 heteroatoms. The van der Waals surface area contributed by atoms with E-state index in [1.165, 1.54) is 30.3 Å². The van der Waals surface area contributed by atoms with Gasteiger partial charge in [0.05, 0.1) is 15.4 Å². The number of aryl methyl sites for hydroxylation is 1. The number of rotatable bonds is 12. The second kappa shape index (κ2) is 14.4. The Labute approximate surface area is 275 Å². The lowest BCUT2D eigenvalue weighted by Gasteiger charge is -2.47. The number of ether oxygens (including phenoxy) is 3. The van der Waals surface area contributed by atoms with Gasteiger partial charge in [0.15, 0.2) is 6.29 Å². The number of primary amides is 2. The van der Waals surface area contributed by atoms with Crippen LogP contribution in [0, 0.1) is 5.41 Å². The Morgan fingerprint density at radius 1 is 1.02 bits per heavy atom. The quantitative estimate of drug-likeness (QED) is 0.205. The van der Waals surface area contributed by atoms with E-state index in [-0.39, 0.29) is 15.4 Å². The zero-order valence-corrected chi connectivity index (χ0v) is 28.1. The lowest BCUT2D eigenvalue weighted by atomic mass is 9.72. The van der Waals surface area contributed by atoms with Crippen molar-refractivity contribution < 1.29 is 32.2 Å². The molecule has 1 fully saturated rings. The topological polar surface area (TPSA) is 160 Å². The molecular weight excluding hydrogens is 630 g/mol. The fraction of sp³-hybridized carbons (Fsp3) is 0.412. The highest BCUT2D eigenvalue weighted by molar-refractivity contribution is 7.91. The number of halogens is 1. The number of carbonyl (C=O) groups is 2. The molecular formula is C34H42ClN3O7S. The van der Waals surface area contributed by atoms with Crippen LogP contribution in [0.15, 0.2) is 76.5 Å². The fourth-order valence-corrected chi connectivity index (χ4v) is 7.38. The SMILES string of the molecule is CNc1ccc(S(=O)(=O)c2ccc(CC[C@@](OC3CCCCO3)(c3cccc(Cl)c3)C(OC(N)=O)C(C)(C)C)cc2)cc1C(N)=O. The van der Waals surface area contributed by atoms with Crippen molar-refractivity contribution in [3.8, 4) is 0 Å². The molecule has 4 rings (SSSR count). The van der Waals surface area contributed by atoms with Gasteiger partial charge in [0, 0.05) is 29.8 Å². The Morgan fingerprint density at radius 3 is 2.28 bits per heavy atom. The molecule has 5 N–H and O–H groups in total. The minimum atomic E-state index is -3.96. The Balaban J connectivity index is 1.73. The summed E-state index contributed by atoms with van der Waals surface area (Å²) in [5, 5.41) is 3.33. The van der Waals surface area contributed by atoms with Gasteiger partial charge in [0.25, 0.3) is 5.91 Å². The molecule has 2 unspecified atom stereocenters. The van der Waals surface area contributed by atoms with Gasteiger partial charge in [-0.25, -0.2) is 13.2 Å². The van der Waals surface area contributed by atoms with Crippen LogP contribution in [-0.2, 0) is 36.1 Å². The van der Waals surface area contributed by atoms with Gasteiger partial charge in [-0.2, -0.15) is 0 Å². The van der Waals surface area contributed by atoms with Crippen molar-refractivity contribution in [3.05, 3.63) is 88.4 Å². The summed E-state index contributed by atoms with van der Waals surface area (Å²) in [6.45, 7) is 6.37. The minimum Gasteiger partial charge on any atom is -0.442 e. The van der Waals surface area contributed by atoms with Crippen molar-refractivity contribution in [3.63, 3.8) is 0 Å². The minimum absolute atomic E-state index is 0.0504. The van der Waals surface area contributed by atoms with Crippen LogP contribution in [0.4, 0.5) is 10.5 Å². The summed E-state index contributed by atoms with van der Waals surface area (Å²) in [5.74, 6) is -0.741. The highest BCUT2D eigenvalue weighted by Gasteiger charge is 2.51. The number of nitrogens with one attached hydrogen (secondary N) is 1. The van der Waals surface area contributed by atoms with Gasteiger partial charge in [-0.3, -0.25) is 4.79 Å². The number of hydrogen-bond acceptors (Lipinski definition) is 8. The number of amides is 2. The number of carbonyl (C=O) groups excluding carboxylic acids is 2. The molecule has 0 saturated carbocycles. The molecule has 1 saturated heterocycles. The van der Waals surface area contributed by atoms with E-state index in [0.29, 0.717) is 42.1 Å². The van der Waals surface area contributed by atoms with Gasteiger partial charge < -0.3 is 31.0 Å². The fourth-order valence-electron chi connectivity index (χ4n) is 5.91. The smallest absolute Gasteiger partial charge is 0.404 e. The van der Waals surface area contributed by atoms with Crippen LogP contribution in [0.3, 0.4) is 0 Å². The van der Waals surface area contributed by atoms with Gasteiger partial charge in [-0.05, 0) is 85.7 Å². The van der Waals surface area contributed by atoms with Crippen molar-refractivity contribution in [1.82, 2.24) is 0 Å². The Kier molecular flexibility index (Phi) is 11.0. The molecule has 1 aliphatic rings. The van der Waals surface area contributed by atoms with Crippen LogP contribution in [0.2, 0.25) is 5.02 Å². The summed E-state index contributed by atoms with van der Waals surface area (Å²) in [7, 11) is -2.34. The first-order chi connectivity index (χ1) is 21.7. The first-order valence-corrected chi connectivity index (χ1v) is 17.0. The van der Waals surface area contributed by atoms with Crippen molar-refractivity contribution in [2.24, 2.45) is 16.9 Å². The maximum absolute atomic E-state index is 13.5. The van der Waals surface area contributed by atoms with E-state index in [4.69, 9.17) is 37.3 Å². The molecule has 46 heavy (non-hydrogen) atoms. The highest BCUT2D eigenvalue weighted by Crippen LogP contribution is 2.46. The predicted molar refractivity (Wildman–Crippen MR) is 176 cm³/mol. The van der Waals surface area contributed by atoms with Crippen LogP contribution in [0.1, 0.15) is 67.9 Å². The van der Waals surface area contributed by atoms with Gasteiger partial charge in [0.2, 0.25) is 9.84 Å². The molecule has 3 aromatic carbocycles. The molecule has 0 aromatic heterocycles. The third-order valence-corrected chi connectivity index (χ3v) is 10.1. The molecule has 1 aliphatic heterocycles. The molecule has 2 amide bonds. The molecule has 248 valence electrons. The maximum Gasteiger partial charge on any atom is 0.404 e. The predicted octanol–water partition coefficient (Wildman–Crippen LogP) is 6.19. The third-order valence-electron chi connectivity index (χ3n) is 8.09. The van der Waals surface area contributed by atoms with Crippen molar-refractivity contribution >= 4 is 39.1 Å². The van der Waals surface area contributed by atoms with Gasteiger partial charge in [-0.1, -0.05) is 56.6 Å². The standard InChI is InChI=1S/C34H42ClN3O7S/c1-33(2,3)31(44-32(37)40)34(23-8-7-9-24(35)20-23,45-29-10-5-6-19-43-29)18-17-22-11-13-25(14-12-22)46(41,42)26-15-16-28(38-4)27(21-26)30(36)39/h7-9,11-16,20-21,29,31,38H,5-6,10,17-19H2,1-4H3,(H2,36,39)(H2,37,40)/t29?,31?,34-/m1/s1. The van der Waals surface area contributed by atoms with E-state index in [1.807, 2.05) is 32.9 Å². The molecule has 0 aliphatic carbocycles. The number of sulfone groups is 1. The number of benzene rings is 3. The molecule has 1 heterocycles. The largest absolute Gasteiger partial charge is 0.442 e. The van der Waals surface area contributed by atoms with Gasteiger partial charge >= 0.3 is 6.09 Å². The van der Waals surface area contributed by atoms with Crippen molar-refractivity contribution in [2.75, 3.05) is 19.0 Å². The Bertz CT molecular complexity index is 1650. The third kappa shape index (κ3) is 8.01. The van der Waals surface area contributed by atoms with Crippen LogP contribution < -0.4 is 16.8 Å². The highest BCUT2D eigenvalue weighted by atomic mass is 35.5. The molecule has 0 spiro atoms. The number of hydrogen-bond donors (Lipinski definition) is 3. The van der Waals surface area contributed by atoms with E-state index >= 15 is 0 Å². The summed E-state index contributed by atoms with van der Waals surface area (Å²) in [4.78, 5) is 24.3. The normalized spacial score (nSPS) is 17.5. The molecule has 3 atom stereocenters. The van der Waals surface area contributed by atoms with Crippen LogP contribution in [-0.4, -0.2) is 46.5 Å². The lowest BCUT2D eigenvalue weighted by Crippen LogP contribution is -2.54. The summed E-state index contributed by atoms with van der Waals surface area (Å²) in [6.07, 6.45) is 0.900. The second-order valence-electron chi connectivity index (χ2n) is 12.5. The average Bonchev–Trinajstić information content (AvgIpc) is 3.01. The Morgan fingerprint density at radius 2 is 1.72 bits per heavy atom. The molecule has 10 nitrogen and oxygen atoms in total. The molecule has 0 radical (unpaired) electrons. The van der Waals surface area contributed by atoms with Crippen LogP contribution >= 0.6 is 11.6 Å². The van der Waals surface area contributed by atoms with Gasteiger partial charge in [0.1, 0.15) is 11.7 Å². The number of nitrogens with two attached hydrogens (primary N) is 2. The molecule has 0 bridgehead atoms. The van der Waals surface area contributed by atoms with E-state index in [0.717, 1.165) is 18.4 Å². The van der Waals surface area contributed by atoms with E-state index in [1.54, 1.807) is 31.3 Å². The first-order valence-electron chi connectivity index (χ1n) is 15.1. The zero-order chi connectivity index (χ0) is 33.7. The van der Waals surface area contributed by atoms with Crippen molar-refractivity contribution in [2.45, 2.75) is 80.7 Å². The van der Waals surface area contributed by atoms with Crippen molar-refractivity contribution in [1.29, 1.82) is 0 Å². The first kappa shape index (κ1) is 35.2. The molecule has 3 aromatic rings. The zero-order valence-electron chi connectivity index (χ0n) is 26.5. The maximum atomic E-state index is 13.5. The van der Waals surface area contributed by atoms with E-state index in [2.05, 4.69) is 5.32 Å². The van der Waals surface area contributed by atoms with Gasteiger partial charge in [-0.15, -0.1) is 0 Å². The average molecular weight is 672 g/mol. The summed E-state index contributed by atoms with van der Waals surface area (Å²) >= 11 is 6.48. The summed E-state index contributed by atoms with van der Waals surface area (Å²) in [6, 6.07) is 17.9. The van der Waals surface area contributed by atoms with E-state index < -0.39 is 45.2 Å². The summed E-state index contributed by atoms with van der Waals surface area (Å²) in [5.41, 5.74) is 11.3. The van der Waals surface area contributed by atoms with Crippen LogP contribution in [0.5, 0.6) is 0 Å². The second-order valence-corrected chi connectivity index (χ2v) is 14.9. The Hall–Kier alpha value is -3.64. The van der Waals surface area contributed by atoms with E-state index in [9.17, 15) is 18.0 Å².